The average molecular weight is 486 g/mol. The van der Waals surface area contributed by atoms with E-state index in [-0.39, 0.29) is 5.82 Å². The van der Waals surface area contributed by atoms with Gasteiger partial charge in [-0.1, -0.05) is 6.07 Å². The number of pyridine rings is 1. The van der Waals surface area contributed by atoms with Crippen LogP contribution >= 0.6 is 15.9 Å². The molecule has 31 heavy (non-hydrogen) atoms. The van der Waals surface area contributed by atoms with Crippen molar-refractivity contribution in [3.63, 3.8) is 0 Å². The number of aromatic nitrogens is 3. The first-order valence-electron chi connectivity index (χ1n) is 10.1. The highest BCUT2D eigenvalue weighted by Crippen LogP contribution is 2.37. The van der Waals surface area contributed by atoms with E-state index in [1.807, 2.05) is 34.7 Å². The van der Waals surface area contributed by atoms with Gasteiger partial charge in [-0.25, -0.2) is 4.39 Å². The van der Waals surface area contributed by atoms with Crippen LogP contribution in [0.1, 0.15) is 24.0 Å². The number of ether oxygens (including phenoxy) is 3. The minimum Gasteiger partial charge on any atom is -0.489 e. The summed E-state index contributed by atoms with van der Waals surface area (Å²) in [5.74, 6) is 0.137. The summed E-state index contributed by atoms with van der Waals surface area (Å²) >= 11 is 3.61. The van der Waals surface area contributed by atoms with Gasteiger partial charge in [0.1, 0.15) is 24.5 Å². The van der Waals surface area contributed by atoms with E-state index in [2.05, 4.69) is 26.1 Å². The monoisotopic (exact) mass is 485 g/mol. The highest BCUT2D eigenvalue weighted by atomic mass is 79.9. The van der Waals surface area contributed by atoms with Crippen molar-refractivity contribution in [1.82, 2.24) is 14.6 Å². The van der Waals surface area contributed by atoms with E-state index >= 15 is 0 Å². The van der Waals surface area contributed by atoms with Gasteiger partial charge in [-0.15, -0.1) is 10.2 Å². The largest absolute Gasteiger partial charge is 0.489 e. The first-order valence-corrected chi connectivity index (χ1v) is 10.8. The Morgan fingerprint density at radius 3 is 2.81 bits per heavy atom. The Morgan fingerprint density at radius 1 is 1.16 bits per heavy atom. The zero-order valence-electron chi connectivity index (χ0n) is 17.0. The molecule has 160 valence electrons. The van der Waals surface area contributed by atoms with Gasteiger partial charge >= 0.3 is 0 Å². The second-order valence-corrected chi connectivity index (χ2v) is 8.53. The third kappa shape index (κ3) is 3.79. The topological polar surface area (TPSA) is 57.9 Å². The Morgan fingerprint density at radius 2 is 2.00 bits per heavy atom. The molecule has 0 atom stereocenters. The molecular weight excluding hydrogens is 465 g/mol. The van der Waals surface area contributed by atoms with Crippen molar-refractivity contribution in [2.45, 2.75) is 25.0 Å². The van der Waals surface area contributed by atoms with Crippen LogP contribution in [0.2, 0.25) is 0 Å². The third-order valence-electron chi connectivity index (χ3n) is 5.90. The lowest BCUT2D eigenvalue weighted by atomic mass is 9.86. The van der Waals surface area contributed by atoms with Crippen molar-refractivity contribution in [2.75, 3.05) is 20.3 Å². The number of hydrogen-bond acceptors (Lipinski definition) is 5. The smallest absolute Gasteiger partial charge is 0.162 e. The van der Waals surface area contributed by atoms with Gasteiger partial charge in [0.15, 0.2) is 5.65 Å². The van der Waals surface area contributed by atoms with E-state index in [0.717, 1.165) is 32.1 Å². The summed E-state index contributed by atoms with van der Waals surface area (Å²) < 4.78 is 34.5. The molecule has 2 aromatic heterocycles. The Balaban J connectivity index is 1.42. The molecule has 0 saturated carbocycles. The summed E-state index contributed by atoms with van der Waals surface area (Å²) in [6.45, 7) is 1.49. The molecule has 2 aromatic carbocycles. The van der Waals surface area contributed by atoms with Gasteiger partial charge in [-0.2, -0.15) is 0 Å². The highest BCUT2D eigenvalue weighted by molar-refractivity contribution is 9.10. The summed E-state index contributed by atoms with van der Waals surface area (Å²) in [5.41, 5.74) is 2.98. The highest BCUT2D eigenvalue weighted by Gasteiger charge is 2.35. The fourth-order valence-electron chi connectivity index (χ4n) is 4.18. The number of rotatable bonds is 5. The summed E-state index contributed by atoms with van der Waals surface area (Å²) in [6.07, 6.45) is 3.06. The fraction of sp³-hybridized carbons (Fsp3) is 0.304. The van der Waals surface area contributed by atoms with Gasteiger partial charge in [0.05, 0.1) is 11.1 Å². The maximum absolute atomic E-state index is 14.4. The molecule has 0 N–H and O–H groups in total. The molecule has 0 radical (unpaired) electrons. The Bertz CT molecular complexity index is 1250. The first-order chi connectivity index (χ1) is 15.1. The number of methoxy groups -OCH3 is 1. The summed E-state index contributed by atoms with van der Waals surface area (Å²) in [6, 6.07) is 12.8. The Kier molecular flexibility index (Phi) is 5.37. The zero-order valence-corrected chi connectivity index (χ0v) is 18.6. The molecule has 0 unspecified atom stereocenters. The van der Waals surface area contributed by atoms with Crippen LogP contribution in [-0.4, -0.2) is 34.9 Å². The normalized spacial score (nSPS) is 16.1. The van der Waals surface area contributed by atoms with Crippen LogP contribution in [0.5, 0.6) is 5.75 Å². The van der Waals surface area contributed by atoms with E-state index in [4.69, 9.17) is 14.2 Å². The third-order valence-corrected chi connectivity index (χ3v) is 6.56. The van der Waals surface area contributed by atoms with Gasteiger partial charge in [-0.3, -0.25) is 4.40 Å². The molecule has 0 spiro atoms. The number of halogens is 2. The van der Waals surface area contributed by atoms with Crippen molar-refractivity contribution < 1.29 is 18.6 Å². The SMILES string of the molecule is COC1(c2cc(F)cc(OCc3ccc4c(c3)c(Br)cc3nncn34)c2)CCOCC1. The summed E-state index contributed by atoms with van der Waals surface area (Å²) in [5, 5.41) is 9.09. The van der Waals surface area contributed by atoms with Crippen LogP contribution in [-0.2, 0) is 21.7 Å². The van der Waals surface area contributed by atoms with Crippen molar-refractivity contribution in [1.29, 1.82) is 0 Å². The molecule has 5 rings (SSSR count). The van der Waals surface area contributed by atoms with Crippen molar-refractivity contribution in [3.8, 4) is 5.75 Å². The molecule has 0 aliphatic carbocycles. The standard InChI is InChI=1S/C23H21BrFN3O3/c1-29-23(4-6-30-7-5-23)16-9-17(25)11-18(10-16)31-13-15-2-3-21-19(8-15)20(24)12-22-27-26-14-28(21)22/h2-3,8-12,14H,4-7,13H2,1H3. The van der Waals surface area contributed by atoms with Crippen LogP contribution < -0.4 is 4.74 Å². The molecular formula is C23H21BrFN3O3. The molecule has 4 aromatic rings. The second-order valence-electron chi connectivity index (χ2n) is 7.68. The molecule has 8 heteroatoms. The first kappa shape index (κ1) is 20.4. The van der Waals surface area contributed by atoms with E-state index in [1.54, 1.807) is 13.4 Å². The minimum absolute atomic E-state index is 0.314. The van der Waals surface area contributed by atoms with Crippen LogP contribution in [0.15, 0.2) is 53.3 Å². The molecule has 0 bridgehead atoms. The Labute approximate surface area is 187 Å². The van der Waals surface area contributed by atoms with Crippen LogP contribution in [0.4, 0.5) is 4.39 Å². The van der Waals surface area contributed by atoms with E-state index in [0.29, 0.717) is 38.4 Å². The lowest BCUT2D eigenvalue weighted by Gasteiger charge is -2.36. The van der Waals surface area contributed by atoms with E-state index in [1.165, 1.54) is 12.1 Å². The molecule has 1 saturated heterocycles. The van der Waals surface area contributed by atoms with E-state index < -0.39 is 5.60 Å². The summed E-state index contributed by atoms with van der Waals surface area (Å²) in [7, 11) is 1.66. The van der Waals surface area contributed by atoms with Crippen LogP contribution in [0, 0.1) is 5.82 Å². The molecule has 6 nitrogen and oxygen atoms in total. The second kappa shape index (κ2) is 8.18. The van der Waals surface area contributed by atoms with Crippen LogP contribution in [0.25, 0.3) is 16.6 Å². The zero-order chi connectivity index (χ0) is 21.4. The quantitative estimate of drug-likeness (QED) is 0.397. The predicted molar refractivity (Wildman–Crippen MR) is 118 cm³/mol. The van der Waals surface area contributed by atoms with Gasteiger partial charge in [0, 0.05) is 49.1 Å². The number of benzene rings is 2. The maximum Gasteiger partial charge on any atom is 0.162 e. The predicted octanol–water partition coefficient (Wildman–Crippen LogP) is 5.02. The van der Waals surface area contributed by atoms with Crippen molar-refractivity contribution in [2.24, 2.45) is 0 Å². The molecule has 1 aliphatic rings. The van der Waals surface area contributed by atoms with Crippen molar-refractivity contribution in [3.05, 3.63) is 70.2 Å². The maximum atomic E-state index is 14.4. The summed E-state index contributed by atoms with van der Waals surface area (Å²) in [4.78, 5) is 0. The number of hydrogen-bond donors (Lipinski definition) is 0. The lowest BCUT2D eigenvalue weighted by molar-refractivity contribution is -0.0950. The fourth-order valence-corrected chi connectivity index (χ4v) is 4.70. The van der Waals surface area contributed by atoms with Crippen LogP contribution in [0.3, 0.4) is 0 Å². The van der Waals surface area contributed by atoms with Gasteiger partial charge < -0.3 is 14.2 Å². The molecule has 3 heterocycles. The number of nitrogens with zero attached hydrogens (tertiary/aromatic N) is 3. The van der Waals surface area contributed by atoms with E-state index in [9.17, 15) is 4.39 Å². The van der Waals surface area contributed by atoms with Crippen molar-refractivity contribution >= 4 is 32.5 Å². The lowest BCUT2D eigenvalue weighted by Crippen LogP contribution is -2.35. The van der Waals surface area contributed by atoms with Gasteiger partial charge in [0.25, 0.3) is 0 Å². The minimum atomic E-state index is -0.545. The molecule has 1 aliphatic heterocycles. The molecule has 1 fully saturated rings. The van der Waals surface area contributed by atoms with Gasteiger partial charge in [0.2, 0.25) is 0 Å². The number of fused-ring (bicyclic) bond motifs is 3. The Hall–Kier alpha value is -2.55. The molecule has 0 amide bonds. The average Bonchev–Trinajstić information content (AvgIpc) is 3.26. The van der Waals surface area contributed by atoms with Gasteiger partial charge in [-0.05, 0) is 57.4 Å².